The van der Waals surface area contributed by atoms with E-state index in [0.717, 1.165) is 24.4 Å². The Hall–Kier alpha value is -0.530. The van der Waals surface area contributed by atoms with Crippen molar-refractivity contribution in [1.29, 1.82) is 0 Å². The molecule has 0 amide bonds. The topological polar surface area (TPSA) is 3.24 Å². The summed E-state index contributed by atoms with van der Waals surface area (Å²) in [6.07, 6.45) is 10.6. The van der Waals surface area contributed by atoms with Crippen molar-refractivity contribution in [2.24, 2.45) is 0 Å². The van der Waals surface area contributed by atoms with E-state index in [1.165, 1.54) is 57.1 Å². The molecule has 1 aromatic carbocycles. The van der Waals surface area contributed by atoms with E-state index in [1.807, 2.05) is 0 Å². The van der Waals surface area contributed by atoms with Crippen LogP contribution in [0.25, 0.3) is 0 Å². The van der Waals surface area contributed by atoms with E-state index in [4.69, 9.17) is 11.6 Å². The van der Waals surface area contributed by atoms with E-state index in [0.29, 0.717) is 11.3 Å². The molecule has 0 spiro atoms. The molecule has 5 atom stereocenters. The van der Waals surface area contributed by atoms with Crippen molar-refractivity contribution in [2.75, 3.05) is 6.54 Å². The van der Waals surface area contributed by atoms with Crippen molar-refractivity contribution in [1.82, 2.24) is 4.90 Å². The van der Waals surface area contributed by atoms with Gasteiger partial charge in [-0.2, -0.15) is 0 Å². The number of rotatable bonds is 3. The number of halogens is 1. The Kier molecular flexibility index (Phi) is 4.70. The van der Waals surface area contributed by atoms with Gasteiger partial charge < -0.3 is 0 Å². The molecule has 0 aromatic heterocycles. The molecule has 3 aliphatic rings. The van der Waals surface area contributed by atoms with Crippen LogP contribution in [0.3, 0.4) is 0 Å². The summed E-state index contributed by atoms with van der Waals surface area (Å²) in [5.74, 6) is 1.48. The molecular formula is C21H30ClN. The first kappa shape index (κ1) is 16.0. The van der Waals surface area contributed by atoms with Crippen molar-refractivity contribution in [3.8, 4) is 0 Å². The lowest BCUT2D eigenvalue weighted by molar-refractivity contribution is 0.149. The van der Waals surface area contributed by atoms with Gasteiger partial charge in [0.2, 0.25) is 0 Å². The van der Waals surface area contributed by atoms with Crippen LogP contribution >= 0.6 is 11.6 Å². The van der Waals surface area contributed by atoms with Gasteiger partial charge in [0.05, 0.1) is 0 Å². The molecule has 2 saturated carbocycles. The van der Waals surface area contributed by atoms with Crippen LogP contribution in [0.5, 0.6) is 0 Å². The highest BCUT2D eigenvalue weighted by Gasteiger charge is 2.44. The third-order valence-electron chi connectivity index (χ3n) is 6.48. The lowest BCUT2D eigenvalue weighted by atomic mass is 9.83. The van der Waals surface area contributed by atoms with E-state index in [1.54, 1.807) is 5.56 Å². The Morgan fingerprint density at radius 2 is 1.70 bits per heavy atom. The third-order valence-corrected chi connectivity index (χ3v) is 6.88. The van der Waals surface area contributed by atoms with Crippen molar-refractivity contribution in [2.45, 2.75) is 87.6 Å². The standard InChI is InChI=1S/C21H30ClN/c1-15-5-2-3-12-23(15)21-14-20(21)17-10-8-16(9-11-17)18-6-4-7-19(22)13-18/h8-11,15,18-21H,2-7,12-14H2,1H3. The zero-order valence-electron chi connectivity index (χ0n) is 14.4. The van der Waals surface area contributed by atoms with E-state index >= 15 is 0 Å². The number of hydrogen-bond acceptors (Lipinski definition) is 1. The molecule has 3 fully saturated rings. The molecule has 1 saturated heterocycles. The summed E-state index contributed by atoms with van der Waals surface area (Å²) in [6, 6.07) is 11.2. The minimum atomic E-state index is 0.391. The summed E-state index contributed by atoms with van der Waals surface area (Å²) in [6.45, 7) is 3.74. The van der Waals surface area contributed by atoms with Crippen LogP contribution in [0.2, 0.25) is 0 Å². The Bertz CT molecular complexity index is 525. The van der Waals surface area contributed by atoms with Gasteiger partial charge in [0.15, 0.2) is 0 Å². The maximum Gasteiger partial charge on any atom is 0.0341 e. The van der Waals surface area contributed by atoms with Gasteiger partial charge in [-0.1, -0.05) is 37.1 Å². The zero-order valence-corrected chi connectivity index (χ0v) is 15.1. The summed E-state index contributed by atoms with van der Waals surface area (Å²) in [4.78, 5) is 2.78. The molecular weight excluding hydrogens is 302 g/mol. The normalized spacial score (nSPS) is 38.4. The average Bonchev–Trinajstić information content (AvgIpc) is 3.36. The van der Waals surface area contributed by atoms with E-state index in [-0.39, 0.29) is 0 Å². The molecule has 0 N–H and O–H groups in total. The van der Waals surface area contributed by atoms with Gasteiger partial charge in [0.1, 0.15) is 0 Å². The maximum absolute atomic E-state index is 6.37. The molecule has 2 heteroatoms. The molecule has 1 aliphatic heterocycles. The highest BCUT2D eigenvalue weighted by atomic mass is 35.5. The zero-order chi connectivity index (χ0) is 15.8. The highest BCUT2D eigenvalue weighted by Crippen LogP contribution is 2.47. The smallest absolute Gasteiger partial charge is 0.0341 e. The molecule has 1 heterocycles. The van der Waals surface area contributed by atoms with Gasteiger partial charge in [-0.3, -0.25) is 4.90 Å². The van der Waals surface area contributed by atoms with Gasteiger partial charge in [-0.25, -0.2) is 0 Å². The number of likely N-dealkylation sites (tertiary alicyclic amines) is 1. The minimum Gasteiger partial charge on any atom is -0.297 e. The van der Waals surface area contributed by atoms with Crippen molar-refractivity contribution >= 4 is 11.6 Å². The lowest BCUT2D eigenvalue weighted by Crippen LogP contribution is -2.39. The van der Waals surface area contributed by atoms with Gasteiger partial charge in [0.25, 0.3) is 0 Å². The summed E-state index contributed by atoms with van der Waals surface area (Å²) >= 11 is 6.37. The first-order valence-corrected chi connectivity index (χ1v) is 10.2. The molecule has 2 aliphatic carbocycles. The van der Waals surface area contributed by atoms with Crippen LogP contribution < -0.4 is 0 Å². The molecule has 23 heavy (non-hydrogen) atoms. The van der Waals surface area contributed by atoms with Crippen molar-refractivity contribution in [3.63, 3.8) is 0 Å². The maximum atomic E-state index is 6.37. The minimum absolute atomic E-state index is 0.391. The van der Waals surface area contributed by atoms with Gasteiger partial charge in [-0.05, 0) is 69.0 Å². The predicted molar refractivity (Wildman–Crippen MR) is 98.5 cm³/mol. The summed E-state index contributed by atoms with van der Waals surface area (Å²) in [7, 11) is 0. The first-order valence-electron chi connectivity index (χ1n) is 9.72. The van der Waals surface area contributed by atoms with E-state index < -0.39 is 0 Å². The van der Waals surface area contributed by atoms with Crippen molar-refractivity contribution in [3.05, 3.63) is 35.4 Å². The Morgan fingerprint density at radius 1 is 0.913 bits per heavy atom. The number of piperidine rings is 1. The average molecular weight is 332 g/mol. The third kappa shape index (κ3) is 3.46. The van der Waals surface area contributed by atoms with E-state index in [2.05, 4.69) is 36.1 Å². The molecule has 1 aromatic rings. The monoisotopic (exact) mass is 331 g/mol. The summed E-state index contributed by atoms with van der Waals surface area (Å²) in [5.41, 5.74) is 3.08. The van der Waals surface area contributed by atoms with Gasteiger partial charge in [0, 0.05) is 23.4 Å². The fourth-order valence-electron chi connectivity index (χ4n) is 4.97. The predicted octanol–water partition coefficient (Wildman–Crippen LogP) is 5.68. The first-order chi connectivity index (χ1) is 11.2. The number of benzene rings is 1. The van der Waals surface area contributed by atoms with Gasteiger partial charge >= 0.3 is 0 Å². The molecule has 5 unspecified atom stereocenters. The number of hydrogen-bond donors (Lipinski definition) is 0. The van der Waals surface area contributed by atoms with Gasteiger partial charge in [-0.15, -0.1) is 11.6 Å². The molecule has 1 nitrogen and oxygen atoms in total. The fourth-order valence-corrected chi connectivity index (χ4v) is 5.34. The quantitative estimate of drug-likeness (QED) is 0.644. The van der Waals surface area contributed by atoms with Crippen LogP contribution in [-0.2, 0) is 0 Å². The fraction of sp³-hybridized carbons (Fsp3) is 0.714. The lowest BCUT2D eigenvalue weighted by Gasteiger charge is -2.34. The Morgan fingerprint density at radius 3 is 2.43 bits per heavy atom. The van der Waals surface area contributed by atoms with Crippen LogP contribution in [-0.4, -0.2) is 28.9 Å². The second kappa shape index (κ2) is 6.76. The molecule has 0 bridgehead atoms. The number of nitrogens with zero attached hydrogens (tertiary/aromatic N) is 1. The Balaban J connectivity index is 1.39. The van der Waals surface area contributed by atoms with Crippen LogP contribution in [0.4, 0.5) is 0 Å². The molecule has 126 valence electrons. The van der Waals surface area contributed by atoms with Crippen molar-refractivity contribution < 1.29 is 0 Å². The highest BCUT2D eigenvalue weighted by molar-refractivity contribution is 6.20. The summed E-state index contributed by atoms with van der Waals surface area (Å²) < 4.78 is 0. The van der Waals surface area contributed by atoms with E-state index in [9.17, 15) is 0 Å². The number of alkyl halides is 1. The van der Waals surface area contributed by atoms with Crippen LogP contribution in [0.15, 0.2) is 24.3 Å². The SMILES string of the molecule is CC1CCCCN1C1CC1c1ccc(C2CCCC(Cl)C2)cc1. The second-order valence-electron chi connectivity index (χ2n) is 8.12. The second-order valence-corrected chi connectivity index (χ2v) is 8.74. The summed E-state index contributed by atoms with van der Waals surface area (Å²) in [5, 5.41) is 0.391. The molecule has 4 rings (SSSR count). The van der Waals surface area contributed by atoms with Crippen LogP contribution in [0.1, 0.15) is 81.3 Å². The largest absolute Gasteiger partial charge is 0.297 e. The molecule has 0 radical (unpaired) electrons. The van der Waals surface area contributed by atoms with Crippen LogP contribution in [0, 0.1) is 0 Å². The Labute approximate surface area is 146 Å².